The molecule has 0 amide bonds. The van der Waals surface area contributed by atoms with E-state index in [0.717, 1.165) is 22.5 Å². The molecule has 0 fully saturated rings. The smallest absolute Gasteiger partial charge is 0.136 e. The molecule has 146 valence electrons. The molecule has 30 heavy (non-hydrogen) atoms. The monoisotopic (exact) mass is 409 g/mol. The van der Waals surface area contributed by atoms with Crippen molar-refractivity contribution in [2.75, 3.05) is 5.32 Å². The van der Waals surface area contributed by atoms with E-state index in [4.69, 9.17) is 16.0 Å². The van der Waals surface area contributed by atoms with Gasteiger partial charge in [0.15, 0.2) is 0 Å². The average molecular weight is 410 g/mol. The summed E-state index contributed by atoms with van der Waals surface area (Å²) in [5.74, 6) is 0. The van der Waals surface area contributed by atoms with E-state index in [9.17, 15) is 0 Å². The Morgan fingerprint density at radius 1 is 0.800 bits per heavy atom. The molecule has 0 saturated carbocycles. The number of benzene rings is 4. The van der Waals surface area contributed by atoms with Gasteiger partial charge in [-0.2, -0.15) is 0 Å². The van der Waals surface area contributed by atoms with Crippen LogP contribution in [-0.2, 0) is 5.41 Å². The lowest BCUT2D eigenvalue weighted by Crippen LogP contribution is -2.15. The number of furan rings is 1. The van der Waals surface area contributed by atoms with Gasteiger partial charge in [0.25, 0.3) is 0 Å². The molecule has 0 unspecified atom stereocenters. The molecule has 0 saturated heterocycles. The molecule has 0 atom stereocenters. The molecule has 1 aromatic heterocycles. The summed E-state index contributed by atoms with van der Waals surface area (Å²) in [5, 5.41) is 6.58. The minimum Gasteiger partial charge on any atom is -0.456 e. The SMILES string of the molecule is CC1(C)c2cc(Nc3ccccc3Cl)ccc2-c2c1ccc1oc3ccccc3c21. The number of fused-ring (bicyclic) bond motifs is 7. The summed E-state index contributed by atoms with van der Waals surface area (Å²) in [6, 6.07) is 27.1. The maximum Gasteiger partial charge on any atom is 0.136 e. The second-order valence-electron chi connectivity index (χ2n) is 8.45. The Kier molecular flexibility index (Phi) is 3.60. The van der Waals surface area contributed by atoms with E-state index in [0.29, 0.717) is 5.02 Å². The van der Waals surface area contributed by atoms with Crippen molar-refractivity contribution in [3.63, 3.8) is 0 Å². The first-order valence-corrected chi connectivity index (χ1v) is 10.5. The van der Waals surface area contributed by atoms with Gasteiger partial charge in [-0.1, -0.05) is 67.9 Å². The van der Waals surface area contributed by atoms with Gasteiger partial charge in [0.05, 0.1) is 10.7 Å². The van der Waals surface area contributed by atoms with Crippen molar-refractivity contribution in [1.29, 1.82) is 0 Å². The van der Waals surface area contributed by atoms with Gasteiger partial charge in [0.1, 0.15) is 11.2 Å². The second-order valence-corrected chi connectivity index (χ2v) is 8.86. The summed E-state index contributed by atoms with van der Waals surface area (Å²) >= 11 is 6.36. The van der Waals surface area contributed by atoms with E-state index < -0.39 is 0 Å². The number of rotatable bonds is 2. The van der Waals surface area contributed by atoms with Crippen molar-refractivity contribution in [2.24, 2.45) is 0 Å². The Balaban J connectivity index is 1.58. The molecule has 0 bridgehead atoms. The minimum absolute atomic E-state index is 0.102. The molecule has 1 N–H and O–H groups in total. The van der Waals surface area contributed by atoms with Crippen LogP contribution in [-0.4, -0.2) is 0 Å². The minimum atomic E-state index is -0.102. The third-order valence-electron chi connectivity index (χ3n) is 6.33. The molecule has 5 aromatic rings. The van der Waals surface area contributed by atoms with E-state index in [-0.39, 0.29) is 5.41 Å². The highest BCUT2D eigenvalue weighted by molar-refractivity contribution is 6.33. The second kappa shape index (κ2) is 6.13. The maximum absolute atomic E-state index is 6.36. The number of halogens is 1. The van der Waals surface area contributed by atoms with Crippen LogP contribution in [0.3, 0.4) is 0 Å². The molecule has 1 aliphatic carbocycles. The van der Waals surface area contributed by atoms with Crippen LogP contribution in [0.5, 0.6) is 0 Å². The molecule has 0 spiro atoms. The topological polar surface area (TPSA) is 25.2 Å². The van der Waals surface area contributed by atoms with E-state index >= 15 is 0 Å². The third-order valence-corrected chi connectivity index (χ3v) is 6.66. The van der Waals surface area contributed by atoms with Crippen molar-refractivity contribution in [3.8, 4) is 11.1 Å². The summed E-state index contributed by atoms with van der Waals surface area (Å²) in [6.07, 6.45) is 0. The van der Waals surface area contributed by atoms with E-state index in [1.165, 1.54) is 33.0 Å². The fraction of sp³-hybridized carbons (Fsp3) is 0.111. The van der Waals surface area contributed by atoms with Crippen molar-refractivity contribution < 1.29 is 4.42 Å². The predicted molar refractivity (Wildman–Crippen MR) is 126 cm³/mol. The molecule has 3 heteroatoms. The number of hydrogen-bond donors (Lipinski definition) is 1. The quantitative estimate of drug-likeness (QED) is 0.317. The van der Waals surface area contributed by atoms with Gasteiger partial charge in [-0.3, -0.25) is 0 Å². The van der Waals surface area contributed by atoms with Crippen LogP contribution < -0.4 is 5.32 Å². The Bertz CT molecular complexity index is 1460. The van der Waals surface area contributed by atoms with Gasteiger partial charge in [-0.05, 0) is 58.7 Å². The standard InChI is InChI=1S/C27H20ClNO/c1-27(2)19-13-14-24-26(18-7-3-6-10-23(18)30-24)25(19)17-12-11-16(15-20(17)27)29-22-9-5-4-8-21(22)28/h3-15,29H,1-2H3. The normalized spacial score (nSPS) is 14.1. The van der Waals surface area contributed by atoms with Crippen LogP contribution in [0.2, 0.25) is 5.02 Å². The predicted octanol–water partition coefficient (Wildman–Crippen LogP) is 8.29. The Morgan fingerprint density at radius 3 is 2.47 bits per heavy atom. The van der Waals surface area contributed by atoms with Crippen LogP contribution in [0.1, 0.15) is 25.0 Å². The Morgan fingerprint density at radius 2 is 1.60 bits per heavy atom. The molecule has 6 rings (SSSR count). The summed E-state index contributed by atoms with van der Waals surface area (Å²) in [5.41, 5.74) is 8.94. The van der Waals surface area contributed by atoms with Gasteiger partial charge < -0.3 is 9.73 Å². The first-order chi connectivity index (χ1) is 14.5. The lowest BCUT2D eigenvalue weighted by Gasteiger charge is -2.22. The fourth-order valence-electron chi connectivity index (χ4n) is 4.84. The van der Waals surface area contributed by atoms with Crippen LogP contribution in [0.4, 0.5) is 11.4 Å². The maximum atomic E-state index is 6.36. The third kappa shape index (κ3) is 2.37. The van der Waals surface area contributed by atoms with Crippen molar-refractivity contribution in [1.82, 2.24) is 0 Å². The lowest BCUT2D eigenvalue weighted by molar-refractivity contribution is 0.657. The lowest BCUT2D eigenvalue weighted by atomic mass is 9.82. The van der Waals surface area contributed by atoms with Crippen LogP contribution in [0, 0.1) is 0 Å². The number of anilines is 2. The average Bonchev–Trinajstić information content (AvgIpc) is 3.23. The zero-order chi connectivity index (χ0) is 20.5. The molecule has 2 nitrogen and oxygen atoms in total. The highest BCUT2D eigenvalue weighted by Crippen LogP contribution is 2.53. The first kappa shape index (κ1) is 17.6. The molecular weight excluding hydrogens is 390 g/mol. The van der Waals surface area contributed by atoms with Gasteiger partial charge >= 0.3 is 0 Å². The first-order valence-electron chi connectivity index (χ1n) is 10.2. The van der Waals surface area contributed by atoms with Gasteiger partial charge in [-0.15, -0.1) is 0 Å². The van der Waals surface area contributed by atoms with E-state index in [2.05, 4.69) is 61.6 Å². The summed E-state index contributed by atoms with van der Waals surface area (Å²) < 4.78 is 6.15. The largest absolute Gasteiger partial charge is 0.456 e. The van der Waals surface area contributed by atoms with Gasteiger partial charge in [0.2, 0.25) is 0 Å². The highest BCUT2D eigenvalue weighted by atomic mass is 35.5. The van der Waals surface area contributed by atoms with E-state index in [1.807, 2.05) is 36.4 Å². The van der Waals surface area contributed by atoms with E-state index in [1.54, 1.807) is 0 Å². The highest BCUT2D eigenvalue weighted by Gasteiger charge is 2.37. The molecule has 0 aliphatic heterocycles. The van der Waals surface area contributed by atoms with Gasteiger partial charge in [-0.25, -0.2) is 0 Å². The number of para-hydroxylation sites is 2. The zero-order valence-corrected chi connectivity index (χ0v) is 17.5. The molecular formula is C27H20ClNO. The number of nitrogens with one attached hydrogen (secondary N) is 1. The molecule has 4 aromatic carbocycles. The number of hydrogen-bond acceptors (Lipinski definition) is 2. The molecule has 1 aliphatic rings. The van der Waals surface area contributed by atoms with Crippen molar-refractivity contribution in [2.45, 2.75) is 19.3 Å². The molecule has 1 heterocycles. The Hall–Kier alpha value is -3.23. The van der Waals surface area contributed by atoms with Crippen molar-refractivity contribution in [3.05, 3.63) is 95.0 Å². The van der Waals surface area contributed by atoms with Crippen LogP contribution in [0.15, 0.2) is 83.3 Å². The molecule has 0 radical (unpaired) electrons. The summed E-state index contributed by atoms with van der Waals surface area (Å²) in [4.78, 5) is 0. The van der Waals surface area contributed by atoms with Crippen molar-refractivity contribution >= 4 is 44.9 Å². The Labute approximate surface area is 180 Å². The summed E-state index contributed by atoms with van der Waals surface area (Å²) in [6.45, 7) is 4.59. The van der Waals surface area contributed by atoms with Gasteiger partial charge in [0, 0.05) is 21.9 Å². The van der Waals surface area contributed by atoms with Crippen LogP contribution >= 0.6 is 11.6 Å². The fourth-order valence-corrected chi connectivity index (χ4v) is 5.02. The van der Waals surface area contributed by atoms with Crippen LogP contribution in [0.25, 0.3) is 33.1 Å². The zero-order valence-electron chi connectivity index (χ0n) is 16.8. The summed E-state index contributed by atoms with van der Waals surface area (Å²) in [7, 11) is 0.